The standard InChI is InChI=1S/C15H17N5O3/c1-18-12-11(13(21)17-15(18)22)20-8-7-19(14(20)16-12)9-5-3-4-6-10(9)23-2/h3-6,11-12H,7-8H2,1-2H3,(H,17,21,22). The molecule has 120 valence electrons. The Labute approximate surface area is 133 Å². The van der Waals surface area contributed by atoms with Gasteiger partial charge in [0.05, 0.1) is 12.8 Å². The summed E-state index contributed by atoms with van der Waals surface area (Å²) in [5.74, 6) is 1.17. The van der Waals surface area contributed by atoms with Crippen LogP contribution in [0.1, 0.15) is 0 Å². The number of hydrogen-bond acceptors (Lipinski definition) is 6. The number of nitrogens with zero attached hydrogens (tertiary/aromatic N) is 4. The minimum Gasteiger partial charge on any atom is -0.495 e. The summed E-state index contributed by atoms with van der Waals surface area (Å²) in [5, 5.41) is 2.38. The van der Waals surface area contributed by atoms with E-state index >= 15 is 0 Å². The van der Waals surface area contributed by atoms with Gasteiger partial charge in [0, 0.05) is 20.1 Å². The second-order valence-electron chi connectivity index (χ2n) is 5.71. The highest BCUT2D eigenvalue weighted by atomic mass is 16.5. The molecule has 3 amide bonds. The average Bonchev–Trinajstić information content (AvgIpc) is 3.11. The van der Waals surface area contributed by atoms with Crippen LogP contribution in [0.15, 0.2) is 29.3 Å². The Kier molecular flexibility index (Phi) is 2.93. The number of urea groups is 1. The Morgan fingerprint density at radius 1 is 1.26 bits per heavy atom. The number of rotatable bonds is 2. The zero-order valence-electron chi connectivity index (χ0n) is 12.9. The first-order valence-electron chi connectivity index (χ1n) is 7.44. The van der Waals surface area contributed by atoms with Gasteiger partial charge in [-0.2, -0.15) is 0 Å². The fourth-order valence-corrected chi connectivity index (χ4v) is 3.36. The SMILES string of the molecule is COc1ccccc1N1CCN2C1=NC1C2C(=O)NC(=O)N1C. The van der Waals surface area contributed by atoms with Gasteiger partial charge >= 0.3 is 6.03 Å². The minimum absolute atomic E-state index is 0.293. The quantitative estimate of drug-likeness (QED) is 0.835. The van der Waals surface area contributed by atoms with E-state index < -0.39 is 18.2 Å². The highest BCUT2D eigenvalue weighted by Crippen LogP contribution is 2.35. The first-order chi connectivity index (χ1) is 11.1. The van der Waals surface area contributed by atoms with Crippen molar-refractivity contribution in [2.24, 2.45) is 4.99 Å². The molecule has 1 N–H and O–H groups in total. The topological polar surface area (TPSA) is 77.5 Å². The second kappa shape index (κ2) is 4.87. The molecule has 2 unspecified atom stereocenters. The third kappa shape index (κ3) is 1.87. The normalized spacial score (nSPS) is 26.0. The average molecular weight is 315 g/mol. The molecule has 1 aromatic rings. The van der Waals surface area contributed by atoms with E-state index in [9.17, 15) is 9.59 Å². The molecular weight excluding hydrogens is 298 g/mol. The molecule has 0 aliphatic carbocycles. The molecule has 8 nitrogen and oxygen atoms in total. The summed E-state index contributed by atoms with van der Waals surface area (Å²) in [7, 11) is 3.28. The number of carbonyl (C=O) groups excluding carboxylic acids is 2. The Hall–Kier alpha value is -2.77. The van der Waals surface area contributed by atoms with E-state index in [0.29, 0.717) is 19.0 Å². The molecular formula is C15H17N5O3. The molecule has 1 aromatic carbocycles. The lowest BCUT2D eigenvalue weighted by molar-refractivity contribution is -0.126. The number of aliphatic imine (C=N–C) groups is 1. The maximum absolute atomic E-state index is 12.2. The van der Waals surface area contributed by atoms with Crippen molar-refractivity contribution in [3.63, 3.8) is 0 Å². The van der Waals surface area contributed by atoms with E-state index in [4.69, 9.17) is 4.74 Å². The number of para-hydroxylation sites is 2. The van der Waals surface area contributed by atoms with Crippen molar-refractivity contribution >= 4 is 23.6 Å². The summed E-state index contributed by atoms with van der Waals surface area (Å²) >= 11 is 0. The van der Waals surface area contributed by atoms with Gasteiger partial charge in [0.2, 0.25) is 5.96 Å². The third-order valence-corrected chi connectivity index (χ3v) is 4.52. The lowest BCUT2D eigenvalue weighted by Gasteiger charge is -2.34. The predicted octanol–water partition coefficient (Wildman–Crippen LogP) is 0.0631. The summed E-state index contributed by atoms with van der Waals surface area (Å²) in [4.78, 5) is 34.1. The molecule has 0 aromatic heterocycles. The van der Waals surface area contributed by atoms with Crippen LogP contribution < -0.4 is 15.0 Å². The van der Waals surface area contributed by atoms with Gasteiger partial charge in [-0.25, -0.2) is 9.79 Å². The van der Waals surface area contributed by atoms with Gasteiger partial charge < -0.3 is 19.4 Å². The van der Waals surface area contributed by atoms with Gasteiger partial charge in [0.15, 0.2) is 12.2 Å². The van der Waals surface area contributed by atoms with Gasteiger partial charge in [-0.3, -0.25) is 10.1 Å². The lowest BCUT2D eigenvalue weighted by atomic mass is 10.1. The number of likely N-dealkylation sites (N-methyl/N-ethyl adjacent to an activating group) is 1. The second-order valence-corrected chi connectivity index (χ2v) is 5.71. The number of nitrogens with one attached hydrogen (secondary N) is 1. The largest absolute Gasteiger partial charge is 0.495 e. The number of amides is 3. The van der Waals surface area contributed by atoms with E-state index in [-0.39, 0.29) is 5.91 Å². The molecule has 8 heteroatoms. The molecule has 0 bridgehead atoms. The van der Waals surface area contributed by atoms with Gasteiger partial charge in [0.1, 0.15) is 5.75 Å². The Bertz CT molecular complexity index is 719. The molecule has 2 atom stereocenters. The number of anilines is 1. The van der Waals surface area contributed by atoms with Crippen LogP contribution in [0.5, 0.6) is 5.75 Å². The number of carbonyl (C=O) groups is 2. The molecule has 0 radical (unpaired) electrons. The van der Waals surface area contributed by atoms with Crippen molar-refractivity contribution in [3.05, 3.63) is 24.3 Å². The number of methoxy groups -OCH3 is 1. The number of benzene rings is 1. The van der Waals surface area contributed by atoms with Crippen LogP contribution in [-0.4, -0.2) is 67.2 Å². The summed E-state index contributed by atoms with van der Waals surface area (Å²) in [6.07, 6.45) is -0.483. The van der Waals surface area contributed by atoms with Crippen LogP contribution in [0, 0.1) is 0 Å². The van der Waals surface area contributed by atoms with Crippen LogP contribution >= 0.6 is 0 Å². The maximum Gasteiger partial charge on any atom is 0.325 e. The Balaban J connectivity index is 1.73. The number of ether oxygens (including phenoxy) is 1. The van der Waals surface area contributed by atoms with Crippen LogP contribution in [0.3, 0.4) is 0 Å². The van der Waals surface area contributed by atoms with Crippen molar-refractivity contribution in [2.75, 3.05) is 32.1 Å². The number of fused-ring (bicyclic) bond motifs is 3. The molecule has 3 heterocycles. The van der Waals surface area contributed by atoms with Crippen molar-refractivity contribution in [1.82, 2.24) is 15.1 Å². The zero-order valence-corrected chi connectivity index (χ0v) is 12.9. The van der Waals surface area contributed by atoms with Gasteiger partial charge in [-0.05, 0) is 12.1 Å². The number of imide groups is 1. The summed E-state index contributed by atoms with van der Waals surface area (Å²) in [5.41, 5.74) is 0.907. The Morgan fingerprint density at radius 3 is 2.83 bits per heavy atom. The van der Waals surface area contributed by atoms with Crippen molar-refractivity contribution in [3.8, 4) is 5.75 Å². The number of guanidine groups is 1. The highest BCUT2D eigenvalue weighted by Gasteiger charge is 2.52. The monoisotopic (exact) mass is 315 g/mol. The fraction of sp³-hybridized carbons (Fsp3) is 0.400. The van der Waals surface area contributed by atoms with Crippen molar-refractivity contribution < 1.29 is 14.3 Å². The van der Waals surface area contributed by atoms with Crippen LogP contribution in [0.2, 0.25) is 0 Å². The molecule has 2 fully saturated rings. The molecule has 0 spiro atoms. The molecule has 3 aliphatic heterocycles. The molecule has 23 heavy (non-hydrogen) atoms. The summed E-state index contributed by atoms with van der Waals surface area (Å²) < 4.78 is 5.43. The first-order valence-corrected chi connectivity index (χ1v) is 7.44. The van der Waals surface area contributed by atoms with E-state index in [1.165, 1.54) is 4.90 Å². The number of hydrogen-bond donors (Lipinski definition) is 1. The van der Waals surface area contributed by atoms with E-state index in [1.54, 1.807) is 14.2 Å². The maximum atomic E-state index is 12.2. The molecule has 2 saturated heterocycles. The smallest absolute Gasteiger partial charge is 0.325 e. The third-order valence-electron chi connectivity index (χ3n) is 4.52. The van der Waals surface area contributed by atoms with Crippen LogP contribution in [0.4, 0.5) is 10.5 Å². The molecule has 3 aliphatic rings. The molecule has 0 saturated carbocycles. The van der Waals surface area contributed by atoms with Crippen molar-refractivity contribution in [1.29, 1.82) is 0 Å². The van der Waals surface area contributed by atoms with Gasteiger partial charge in [0.25, 0.3) is 5.91 Å². The van der Waals surface area contributed by atoms with E-state index in [0.717, 1.165) is 11.4 Å². The summed E-state index contributed by atoms with van der Waals surface area (Å²) in [6, 6.07) is 6.82. The van der Waals surface area contributed by atoms with Crippen LogP contribution in [-0.2, 0) is 4.79 Å². The highest BCUT2D eigenvalue weighted by molar-refractivity contribution is 6.08. The zero-order chi connectivity index (χ0) is 16.1. The van der Waals surface area contributed by atoms with E-state index in [1.807, 2.05) is 34.1 Å². The summed E-state index contributed by atoms with van der Waals surface area (Å²) in [6.45, 7) is 1.39. The lowest BCUT2D eigenvalue weighted by Crippen LogP contribution is -2.63. The first kappa shape index (κ1) is 13.9. The molecule has 4 rings (SSSR count). The Morgan fingerprint density at radius 2 is 2.04 bits per heavy atom. The fourth-order valence-electron chi connectivity index (χ4n) is 3.36. The van der Waals surface area contributed by atoms with Gasteiger partial charge in [-0.15, -0.1) is 0 Å². The van der Waals surface area contributed by atoms with E-state index in [2.05, 4.69) is 10.3 Å². The predicted molar refractivity (Wildman–Crippen MR) is 83.4 cm³/mol. The van der Waals surface area contributed by atoms with Crippen LogP contribution in [0.25, 0.3) is 0 Å². The van der Waals surface area contributed by atoms with Crippen molar-refractivity contribution in [2.45, 2.75) is 12.2 Å². The van der Waals surface area contributed by atoms with Gasteiger partial charge in [-0.1, -0.05) is 12.1 Å². The minimum atomic E-state index is -0.483.